The van der Waals surface area contributed by atoms with Crippen molar-refractivity contribution >= 4 is 41.5 Å². The summed E-state index contributed by atoms with van der Waals surface area (Å²) in [4.78, 5) is 26.5. The van der Waals surface area contributed by atoms with Crippen LogP contribution in [0.2, 0.25) is 0 Å². The number of likely N-dealkylation sites (N-methyl/N-ethyl adjacent to an activating group) is 1. The second-order valence-corrected chi connectivity index (χ2v) is 8.04. The van der Waals surface area contributed by atoms with Gasteiger partial charge in [-0.05, 0) is 42.2 Å². The van der Waals surface area contributed by atoms with E-state index in [1.54, 1.807) is 23.2 Å². The summed E-state index contributed by atoms with van der Waals surface area (Å²) >= 11 is 1.45. The topological polar surface area (TPSA) is 81.6 Å². The van der Waals surface area contributed by atoms with E-state index in [4.69, 9.17) is 7.85 Å². The lowest BCUT2D eigenvalue weighted by Gasteiger charge is -2.32. The molecular weight excluding hydrogens is 385 g/mol. The Hall–Kier alpha value is -2.91. The Kier molecular flexibility index (Phi) is 5.50. The summed E-state index contributed by atoms with van der Waals surface area (Å²) in [6.07, 6.45) is 1.66. The van der Waals surface area contributed by atoms with E-state index in [1.807, 2.05) is 25.2 Å². The van der Waals surface area contributed by atoms with Crippen LogP contribution in [0, 0.1) is 0 Å². The number of rotatable bonds is 4. The Bertz CT molecular complexity index is 1030. The van der Waals surface area contributed by atoms with Crippen molar-refractivity contribution < 1.29 is 9.90 Å². The number of carbonyl (C=O) groups is 1. The van der Waals surface area contributed by atoms with Gasteiger partial charge in [-0.1, -0.05) is 6.07 Å². The highest BCUT2D eigenvalue weighted by Gasteiger charge is 2.23. The zero-order valence-electron chi connectivity index (χ0n) is 16.0. The summed E-state index contributed by atoms with van der Waals surface area (Å²) in [5.41, 5.74) is 1.65. The van der Waals surface area contributed by atoms with Gasteiger partial charge in [0, 0.05) is 38.1 Å². The van der Waals surface area contributed by atoms with Crippen LogP contribution in [0.3, 0.4) is 0 Å². The molecule has 0 bridgehead atoms. The molecule has 4 rings (SSSR count). The SMILES string of the molecule is [B]c1ccc(-c2ccnc(Nc3ccc(O)c(C(=O)N4CCN(C)CC4)c3)n2)s1. The van der Waals surface area contributed by atoms with E-state index in [2.05, 4.69) is 20.2 Å². The van der Waals surface area contributed by atoms with E-state index in [-0.39, 0.29) is 17.2 Å². The number of aromatic nitrogens is 2. The molecular formula is C20H20BN5O2S. The predicted octanol–water partition coefficient (Wildman–Crippen LogP) is 1.84. The number of nitrogens with one attached hydrogen (secondary N) is 1. The molecule has 0 unspecified atom stereocenters. The first-order valence-corrected chi connectivity index (χ1v) is 10.1. The summed E-state index contributed by atoms with van der Waals surface area (Å²) in [6.45, 7) is 2.92. The van der Waals surface area contributed by atoms with E-state index in [1.165, 1.54) is 17.4 Å². The Morgan fingerprint density at radius 2 is 1.97 bits per heavy atom. The fourth-order valence-electron chi connectivity index (χ4n) is 3.14. The Morgan fingerprint density at radius 3 is 2.69 bits per heavy atom. The van der Waals surface area contributed by atoms with Gasteiger partial charge in [0.25, 0.3) is 5.91 Å². The van der Waals surface area contributed by atoms with Crippen LogP contribution in [0.25, 0.3) is 10.6 Å². The van der Waals surface area contributed by atoms with Crippen molar-refractivity contribution in [1.82, 2.24) is 19.8 Å². The molecule has 1 aromatic carbocycles. The van der Waals surface area contributed by atoms with E-state index in [0.29, 0.717) is 24.7 Å². The monoisotopic (exact) mass is 405 g/mol. The molecule has 2 N–H and O–H groups in total. The normalized spacial score (nSPS) is 14.7. The average molecular weight is 405 g/mol. The number of aromatic hydroxyl groups is 1. The second kappa shape index (κ2) is 8.22. The number of hydrogen-bond donors (Lipinski definition) is 2. The lowest BCUT2D eigenvalue weighted by molar-refractivity contribution is 0.0661. The zero-order valence-corrected chi connectivity index (χ0v) is 16.8. The predicted molar refractivity (Wildman–Crippen MR) is 116 cm³/mol. The molecule has 146 valence electrons. The van der Waals surface area contributed by atoms with E-state index in [9.17, 15) is 9.90 Å². The van der Waals surface area contributed by atoms with Crippen molar-refractivity contribution in [3.8, 4) is 16.3 Å². The number of piperazine rings is 1. The standard InChI is InChI=1S/C20H20BN5O2S/c1-25-8-10-26(11-9-25)19(28)14-12-13(2-3-16(14)27)23-20-22-7-6-15(24-20)17-4-5-18(21)29-17/h2-7,12,27H,8-11H2,1H3,(H,22,23,24). The van der Waals surface area contributed by atoms with Crippen LogP contribution < -0.4 is 10.1 Å². The largest absolute Gasteiger partial charge is 0.507 e. The first kappa shape index (κ1) is 19.4. The van der Waals surface area contributed by atoms with Crippen molar-refractivity contribution in [1.29, 1.82) is 0 Å². The number of amides is 1. The summed E-state index contributed by atoms with van der Waals surface area (Å²) < 4.78 is 0.721. The highest BCUT2D eigenvalue weighted by atomic mass is 32.1. The molecule has 0 spiro atoms. The molecule has 29 heavy (non-hydrogen) atoms. The van der Waals surface area contributed by atoms with Crippen LogP contribution in [0.4, 0.5) is 11.6 Å². The maximum atomic E-state index is 12.9. The number of carbonyl (C=O) groups excluding carboxylic acids is 1. The Balaban J connectivity index is 1.54. The van der Waals surface area contributed by atoms with Crippen molar-refractivity contribution in [2.45, 2.75) is 0 Å². The molecule has 1 saturated heterocycles. The van der Waals surface area contributed by atoms with Gasteiger partial charge in [0.05, 0.1) is 16.1 Å². The van der Waals surface area contributed by atoms with Crippen LogP contribution >= 0.6 is 11.3 Å². The van der Waals surface area contributed by atoms with Crippen molar-refractivity contribution in [3.63, 3.8) is 0 Å². The molecule has 3 heterocycles. The van der Waals surface area contributed by atoms with E-state index in [0.717, 1.165) is 28.4 Å². The molecule has 0 aliphatic carbocycles. The first-order chi connectivity index (χ1) is 14.0. The number of benzene rings is 1. The highest BCUT2D eigenvalue weighted by Crippen LogP contribution is 2.26. The Labute approximate surface area is 174 Å². The third-order valence-electron chi connectivity index (χ3n) is 4.81. The van der Waals surface area contributed by atoms with Crippen molar-refractivity contribution in [2.75, 3.05) is 38.5 Å². The van der Waals surface area contributed by atoms with Gasteiger partial charge < -0.3 is 20.2 Å². The molecule has 1 fully saturated rings. The van der Waals surface area contributed by atoms with Crippen LogP contribution in [0.1, 0.15) is 10.4 Å². The highest BCUT2D eigenvalue weighted by molar-refractivity contribution is 7.23. The minimum absolute atomic E-state index is 0.0387. The fraction of sp³-hybridized carbons (Fsp3) is 0.250. The number of phenolic OH excluding ortho intramolecular Hbond substituents is 1. The van der Waals surface area contributed by atoms with Crippen LogP contribution in [0.5, 0.6) is 5.75 Å². The van der Waals surface area contributed by atoms with Crippen LogP contribution in [-0.2, 0) is 0 Å². The van der Waals surface area contributed by atoms with Gasteiger partial charge in [0.2, 0.25) is 5.95 Å². The molecule has 1 aliphatic rings. The number of nitrogens with zero attached hydrogens (tertiary/aromatic N) is 4. The summed E-state index contributed by atoms with van der Waals surface area (Å²) in [7, 11) is 7.83. The molecule has 2 aromatic heterocycles. The van der Waals surface area contributed by atoms with E-state index >= 15 is 0 Å². The lowest BCUT2D eigenvalue weighted by atomic mass is 10.1. The maximum absolute atomic E-state index is 12.9. The van der Waals surface area contributed by atoms with Gasteiger partial charge in [-0.3, -0.25) is 4.79 Å². The minimum atomic E-state index is -0.178. The smallest absolute Gasteiger partial charge is 0.257 e. The van der Waals surface area contributed by atoms with Gasteiger partial charge >= 0.3 is 0 Å². The zero-order chi connectivity index (χ0) is 20.4. The summed E-state index contributed by atoms with van der Waals surface area (Å²) in [5.74, 6) is 0.185. The third kappa shape index (κ3) is 4.41. The molecule has 9 heteroatoms. The lowest BCUT2D eigenvalue weighted by Crippen LogP contribution is -2.47. The third-order valence-corrected chi connectivity index (χ3v) is 5.75. The molecule has 0 atom stereocenters. The van der Waals surface area contributed by atoms with Gasteiger partial charge in [-0.15, -0.1) is 0 Å². The number of anilines is 2. The van der Waals surface area contributed by atoms with Gasteiger partial charge in [0.1, 0.15) is 13.6 Å². The van der Waals surface area contributed by atoms with Crippen LogP contribution in [0.15, 0.2) is 42.6 Å². The fourth-order valence-corrected chi connectivity index (χ4v) is 3.89. The maximum Gasteiger partial charge on any atom is 0.257 e. The number of hydrogen-bond acceptors (Lipinski definition) is 7. The second-order valence-electron chi connectivity index (χ2n) is 6.92. The molecule has 1 amide bonds. The number of thiophene rings is 1. The Morgan fingerprint density at radius 1 is 1.17 bits per heavy atom. The van der Waals surface area contributed by atoms with Gasteiger partial charge in [0.15, 0.2) is 0 Å². The van der Waals surface area contributed by atoms with Crippen LogP contribution in [-0.4, -0.2) is 71.9 Å². The first-order valence-electron chi connectivity index (χ1n) is 9.26. The van der Waals surface area contributed by atoms with Crippen molar-refractivity contribution in [2.24, 2.45) is 0 Å². The summed E-state index contributed by atoms with van der Waals surface area (Å²) in [6, 6.07) is 10.4. The summed E-state index contributed by atoms with van der Waals surface area (Å²) in [5, 5.41) is 13.3. The molecule has 3 aromatic rings. The van der Waals surface area contributed by atoms with E-state index < -0.39 is 0 Å². The molecule has 0 saturated carbocycles. The number of phenols is 1. The molecule has 2 radical (unpaired) electrons. The van der Waals surface area contributed by atoms with Crippen molar-refractivity contribution in [3.05, 3.63) is 48.2 Å². The molecule has 1 aliphatic heterocycles. The van der Waals surface area contributed by atoms with Gasteiger partial charge in [-0.2, -0.15) is 11.3 Å². The minimum Gasteiger partial charge on any atom is -0.507 e. The van der Waals surface area contributed by atoms with Gasteiger partial charge in [-0.25, -0.2) is 9.97 Å². The molecule has 7 nitrogen and oxygen atoms in total. The average Bonchev–Trinajstić information content (AvgIpc) is 3.16. The quantitative estimate of drug-likeness (QED) is 0.509.